The molecule has 3 rings (SSSR count). The van der Waals surface area contributed by atoms with Crippen LogP contribution in [0.4, 0.5) is 13.2 Å². The van der Waals surface area contributed by atoms with E-state index in [1.54, 1.807) is 0 Å². The van der Waals surface area contributed by atoms with Gasteiger partial charge in [0.05, 0.1) is 11.6 Å². The van der Waals surface area contributed by atoms with Crippen molar-refractivity contribution < 1.29 is 18.0 Å². The van der Waals surface area contributed by atoms with Gasteiger partial charge in [-0.05, 0) is 12.1 Å². The van der Waals surface area contributed by atoms with E-state index in [1.807, 2.05) is 0 Å². The quantitative estimate of drug-likeness (QED) is 0.827. The van der Waals surface area contributed by atoms with Crippen molar-refractivity contribution in [3.8, 4) is 0 Å². The smallest absolute Gasteiger partial charge is 0.390 e. The minimum absolute atomic E-state index is 0.0118. The Labute approximate surface area is 101 Å². The van der Waals surface area contributed by atoms with E-state index in [-0.39, 0.29) is 12.0 Å². The molecule has 0 unspecified atom stereocenters. The van der Waals surface area contributed by atoms with Crippen LogP contribution in [-0.4, -0.2) is 29.9 Å². The van der Waals surface area contributed by atoms with Crippen LogP contribution in [0.3, 0.4) is 0 Å². The molecule has 0 amide bonds. The summed E-state index contributed by atoms with van der Waals surface area (Å²) in [5.74, 6) is 0.100. The molecule has 1 saturated heterocycles. The van der Waals surface area contributed by atoms with Gasteiger partial charge in [0, 0.05) is 24.8 Å². The second-order valence-electron chi connectivity index (χ2n) is 4.32. The summed E-state index contributed by atoms with van der Waals surface area (Å²) < 4.78 is 37.2. The van der Waals surface area contributed by atoms with Crippen LogP contribution >= 0.6 is 0 Å². The molecule has 0 spiro atoms. The van der Waals surface area contributed by atoms with Gasteiger partial charge in [-0.25, -0.2) is 0 Å². The first-order chi connectivity index (χ1) is 8.55. The van der Waals surface area contributed by atoms with Gasteiger partial charge < -0.3 is 10.2 Å². The van der Waals surface area contributed by atoms with Crippen molar-refractivity contribution in [1.29, 1.82) is 0 Å². The third-order valence-electron chi connectivity index (χ3n) is 3.15. The highest BCUT2D eigenvalue weighted by molar-refractivity contribution is 6.03. The van der Waals surface area contributed by atoms with E-state index in [0.29, 0.717) is 17.8 Å². The van der Waals surface area contributed by atoms with E-state index in [9.17, 15) is 13.2 Å². The monoisotopic (exact) mass is 257 g/mol. The number of nitrogens with zero attached hydrogens (tertiary/aromatic N) is 2. The summed E-state index contributed by atoms with van der Waals surface area (Å²) in [4.78, 5) is 8.64. The first-order valence-electron chi connectivity index (χ1n) is 5.54. The highest BCUT2D eigenvalue weighted by Gasteiger charge is 2.39. The fraction of sp³-hybridized carbons (Fsp3) is 0.455. The van der Waals surface area contributed by atoms with Crippen molar-refractivity contribution in [2.45, 2.75) is 12.3 Å². The fourth-order valence-electron chi connectivity index (χ4n) is 2.21. The lowest BCUT2D eigenvalue weighted by atomic mass is 9.96. The number of halogens is 3. The zero-order chi connectivity index (χ0) is 12.8. The molecule has 0 aromatic carbocycles. The van der Waals surface area contributed by atoms with Crippen molar-refractivity contribution in [1.82, 2.24) is 10.3 Å². The van der Waals surface area contributed by atoms with Gasteiger partial charge in [0.1, 0.15) is 11.8 Å². The lowest BCUT2D eigenvalue weighted by molar-refractivity contribution is -0.141. The molecular weight excluding hydrogens is 247 g/mol. The average Bonchev–Trinajstić information content (AvgIpc) is 2.89. The minimum Gasteiger partial charge on any atom is -0.390 e. The summed E-state index contributed by atoms with van der Waals surface area (Å²) >= 11 is 0. The summed E-state index contributed by atoms with van der Waals surface area (Å²) in [6.07, 6.45) is -3.22. The number of fused-ring (bicyclic) bond motifs is 1. The molecule has 7 heteroatoms. The Morgan fingerprint density at radius 3 is 2.78 bits per heavy atom. The van der Waals surface area contributed by atoms with Crippen molar-refractivity contribution in [2.24, 2.45) is 11.1 Å². The Hall–Kier alpha value is -1.63. The molecule has 2 aliphatic rings. The van der Waals surface area contributed by atoms with Crippen LogP contribution in [0.5, 0.6) is 0 Å². The number of hydrogen-bond acceptors (Lipinski definition) is 4. The summed E-state index contributed by atoms with van der Waals surface area (Å²) in [5.41, 5.74) is 0.359. The maximum atomic E-state index is 12.4. The van der Waals surface area contributed by atoms with Gasteiger partial charge in [-0.1, -0.05) is 5.16 Å². The molecule has 0 saturated carbocycles. The molecule has 1 aromatic heterocycles. The predicted molar refractivity (Wildman–Crippen MR) is 57.0 cm³/mol. The largest absolute Gasteiger partial charge is 0.433 e. The third-order valence-corrected chi connectivity index (χ3v) is 3.15. The number of pyridine rings is 1. The summed E-state index contributed by atoms with van der Waals surface area (Å²) in [6, 6.07) is 2.35. The van der Waals surface area contributed by atoms with Gasteiger partial charge in [-0.2, -0.15) is 13.2 Å². The van der Waals surface area contributed by atoms with E-state index in [4.69, 9.17) is 4.84 Å². The van der Waals surface area contributed by atoms with Gasteiger partial charge in [0.25, 0.3) is 0 Å². The molecule has 0 radical (unpaired) electrons. The molecular formula is C11H10F3N3O. The van der Waals surface area contributed by atoms with Gasteiger partial charge >= 0.3 is 6.18 Å². The topological polar surface area (TPSA) is 46.5 Å². The van der Waals surface area contributed by atoms with Crippen LogP contribution in [0.25, 0.3) is 0 Å². The second-order valence-corrected chi connectivity index (χ2v) is 4.32. The molecule has 2 atom stereocenters. The zero-order valence-electron chi connectivity index (χ0n) is 9.24. The number of alkyl halides is 3. The van der Waals surface area contributed by atoms with Crippen LogP contribution in [0, 0.1) is 5.92 Å². The Morgan fingerprint density at radius 2 is 2.11 bits per heavy atom. The first kappa shape index (κ1) is 11.5. The molecule has 1 aromatic rings. The molecule has 2 aliphatic heterocycles. The van der Waals surface area contributed by atoms with E-state index in [1.165, 1.54) is 12.3 Å². The normalized spacial score (nSPS) is 26.7. The van der Waals surface area contributed by atoms with Crippen molar-refractivity contribution in [3.05, 3.63) is 29.6 Å². The van der Waals surface area contributed by atoms with Crippen molar-refractivity contribution in [2.75, 3.05) is 13.1 Å². The SMILES string of the molecule is FC(F)(F)c1ccc(C2=NO[C@H]3CNC[C@@H]23)cn1. The van der Waals surface area contributed by atoms with E-state index >= 15 is 0 Å². The number of hydrogen-bond donors (Lipinski definition) is 1. The van der Waals surface area contributed by atoms with Gasteiger partial charge in [0.2, 0.25) is 0 Å². The molecule has 96 valence electrons. The van der Waals surface area contributed by atoms with Crippen LogP contribution in [0.15, 0.2) is 23.5 Å². The lowest BCUT2D eigenvalue weighted by Gasteiger charge is -2.09. The van der Waals surface area contributed by atoms with Crippen LogP contribution in [-0.2, 0) is 11.0 Å². The Balaban J connectivity index is 1.86. The average molecular weight is 257 g/mol. The Kier molecular flexibility index (Phi) is 2.51. The standard InChI is InChI=1S/C11H10F3N3O/c12-11(13,14)9-2-1-6(3-16-9)10-7-4-15-5-8(7)18-17-10/h1-3,7-8,15H,4-5H2/t7-,8+/m1/s1. The van der Waals surface area contributed by atoms with Crippen molar-refractivity contribution in [3.63, 3.8) is 0 Å². The van der Waals surface area contributed by atoms with Crippen LogP contribution in [0.2, 0.25) is 0 Å². The Morgan fingerprint density at radius 1 is 1.28 bits per heavy atom. The summed E-state index contributed by atoms with van der Waals surface area (Å²) in [7, 11) is 0. The van der Waals surface area contributed by atoms with Gasteiger partial charge in [0.15, 0.2) is 0 Å². The van der Waals surface area contributed by atoms with Gasteiger partial charge in [-0.15, -0.1) is 0 Å². The fourth-order valence-corrected chi connectivity index (χ4v) is 2.21. The van der Waals surface area contributed by atoms with E-state index < -0.39 is 11.9 Å². The minimum atomic E-state index is -4.41. The number of aromatic nitrogens is 1. The third kappa shape index (κ3) is 1.84. The maximum Gasteiger partial charge on any atom is 0.433 e. The molecule has 18 heavy (non-hydrogen) atoms. The lowest BCUT2D eigenvalue weighted by Crippen LogP contribution is -2.22. The molecule has 3 heterocycles. The maximum absolute atomic E-state index is 12.4. The second kappa shape index (κ2) is 3.94. The first-order valence-corrected chi connectivity index (χ1v) is 5.54. The zero-order valence-corrected chi connectivity index (χ0v) is 9.24. The number of oxime groups is 1. The van der Waals surface area contributed by atoms with Crippen LogP contribution < -0.4 is 5.32 Å². The van der Waals surface area contributed by atoms with E-state index in [2.05, 4.69) is 15.5 Å². The number of rotatable bonds is 1. The molecule has 0 aliphatic carbocycles. The molecule has 4 nitrogen and oxygen atoms in total. The Bertz CT molecular complexity index is 483. The highest BCUT2D eigenvalue weighted by Crippen LogP contribution is 2.29. The molecule has 1 fully saturated rings. The van der Waals surface area contributed by atoms with E-state index in [0.717, 1.165) is 12.6 Å². The van der Waals surface area contributed by atoms with Gasteiger partial charge in [-0.3, -0.25) is 4.98 Å². The molecule has 0 bridgehead atoms. The molecule has 1 N–H and O–H groups in total. The summed E-state index contributed by atoms with van der Waals surface area (Å²) in [6.45, 7) is 1.44. The van der Waals surface area contributed by atoms with Crippen LogP contribution in [0.1, 0.15) is 11.3 Å². The number of nitrogens with one attached hydrogen (secondary N) is 1. The van der Waals surface area contributed by atoms with Crippen molar-refractivity contribution >= 4 is 5.71 Å². The predicted octanol–water partition coefficient (Wildman–Crippen LogP) is 1.42. The highest BCUT2D eigenvalue weighted by atomic mass is 19.4. The summed E-state index contributed by atoms with van der Waals surface area (Å²) in [5, 5.41) is 7.09.